The van der Waals surface area contributed by atoms with Crippen molar-refractivity contribution in [2.24, 2.45) is 9.98 Å². The van der Waals surface area contributed by atoms with Crippen LogP contribution in [-0.4, -0.2) is 73.3 Å². The molecule has 0 bridgehead atoms. The number of carbonyl (C=O) groups is 3. The van der Waals surface area contributed by atoms with Crippen molar-refractivity contribution in [2.45, 2.75) is 25.4 Å². The number of aliphatic imine (C=N–C) groups is 2. The fourth-order valence-corrected chi connectivity index (χ4v) is 5.72. The van der Waals surface area contributed by atoms with Crippen LogP contribution in [0.15, 0.2) is 76.7 Å². The van der Waals surface area contributed by atoms with Gasteiger partial charge < -0.3 is 24.8 Å². The number of thioether (sulfide) groups is 1. The molecule has 2 aliphatic rings. The number of nitrogens with zero attached hydrogens (tertiary/aromatic N) is 3. The van der Waals surface area contributed by atoms with Crippen molar-refractivity contribution < 1.29 is 28.6 Å². The number of amides is 3. The fraction of sp³-hybridized carbons (Fsp3) is 0.281. The maximum atomic E-state index is 13.5. The zero-order valence-electron chi connectivity index (χ0n) is 24.7. The van der Waals surface area contributed by atoms with Gasteiger partial charge in [0.15, 0.2) is 16.7 Å². The Morgan fingerprint density at radius 2 is 1.64 bits per heavy atom. The third-order valence-corrected chi connectivity index (χ3v) is 8.05. The number of fused-ring (bicyclic) bond motifs is 3. The summed E-state index contributed by atoms with van der Waals surface area (Å²) >= 11 is 1.15. The Hall–Kier alpha value is -4.84. The topological polar surface area (TPSA) is 131 Å². The molecule has 1 atom stereocenters. The first kappa shape index (κ1) is 30.6. The first-order valence-electron chi connectivity index (χ1n) is 14.0. The number of ether oxygens (including phenoxy) is 3. The van der Waals surface area contributed by atoms with Crippen LogP contribution in [-0.2, 0) is 27.3 Å². The number of rotatable bonds is 12. The number of hydrogen-bond donors (Lipinski definition) is 2. The SMILES string of the molecule is COc1ccccc1CNC(=O)C[C@@H]1N=C2c3ccccc3N=C(SCC(=O)NCCc3ccc(OC)c(OC)c3)N2C1=O. The average Bonchev–Trinajstić information content (AvgIpc) is 3.38. The van der Waals surface area contributed by atoms with Gasteiger partial charge in [-0.2, -0.15) is 0 Å². The molecule has 3 aromatic carbocycles. The molecule has 2 N–H and O–H groups in total. The Morgan fingerprint density at radius 1 is 0.886 bits per heavy atom. The van der Waals surface area contributed by atoms with E-state index in [0.29, 0.717) is 52.5 Å². The minimum atomic E-state index is -0.907. The summed E-state index contributed by atoms with van der Waals surface area (Å²) in [6, 6.07) is 19.5. The molecule has 0 unspecified atom stereocenters. The number of nitrogens with one attached hydrogen (secondary N) is 2. The molecule has 2 aliphatic heterocycles. The quantitative estimate of drug-likeness (QED) is 0.319. The molecule has 0 spiro atoms. The molecule has 2 heterocycles. The van der Waals surface area contributed by atoms with Gasteiger partial charge >= 0.3 is 0 Å². The highest BCUT2D eigenvalue weighted by atomic mass is 32.2. The van der Waals surface area contributed by atoms with E-state index < -0.39 is 6.04 Å². The van der Waals surface area contributed by atoms with Crippen LogP contribution in [0.4, 0.5) is 5.69 Å². The Bertz CT molecular complexity index is 1620. The van der Waals surface area contributed by atoms with Crippen LogP contribution in [0.5, 0.6) is 17.2 Å². The predicted octanol–water partition coefficient (Wildman–Crippen LogP) is 3.47. The number of benzene rings is 3. The van der Waals surface area contributed by atoms with Crippen molar-refractivity contribution in [3.05, 3.63) is 83.4 Å². The molecule has 0 radical (unpaired) electrons. The second kappa shape index (κ2) is 14.1. The maximum Gasteiger partial charge on any atom is 0.259 e. The minimum Gasteiger partial charge on any atom is -0.496 e. The monoisotopic (exact) mass is 615 g/mol. The van der Waals surface area contributed by atoms with E-state index in [1.54, 1.807) is 21.3 Å². The van der Waals surface area contributed by atoms with Gasteiger partial charge in [-0.05, 0) is 42.3 Å². The van der Waals surface area contributed by atoms with Crippen LogP contribution in [0.2, 0.25) is 0 Å². The molecule has 0 saturated carbocycles. The lowest BCUT2D eigenvalue weighted by atomic mass is 10.1. The van der Waals surface area contributed by atoms with Gasteiger partial charge in [0.2, 0.25) is 11.8 Å². The highest BCUT2D eigenvalue weighted by Crippen LogP contribution is 2.34. The standard InChI is InChI=1S/C32H33N5O6S/c1-41-25-11-7-4-8-21(25)18-34-28(38)17-24-31(40)37-30(35-24)22-9-5-6-10-23(22)36-32(37)44-19-29(39)33-15-14-20-12-13-26(42-2)27(16-20)43-3/h4-13,16,24H,14-15,17-19H2,1-3H3,(H,33,39)(H,34,38)/t24-/m0/s1. The summed E-state index contributed by atoms with van der Waals surface area (Å²) in [7, 11) is 4.73. The van der Waals surface area contributed by atoms with Gasteiger partial charge in [0, 0.05) is 24.2 Å². The van der Waals surface area contributed by atoms with Gasteiger partial charge in [0.05, 0.1) is 39.2 Å². The van der Waals surface area contributed by atoms with Gasteiger partial charge in [-0.15, -0.1) is 0 Å². The summed E-state index contributed by atoms with van der Waals surface area (Å²) in [5.74, 6) is 1.54. The Balaban J connectivity index is 1.20. The molecular formula is C32H33N5O6S. The zero-order chi connectivity index (χ0) is 31.1. The molecule has 44 heavy (non-hydrogen) atoms. The minimum absolute atomic E-state index is 0.0497. The lowest BCUT2D eigenvalue weighted by molar-refractivity contribution is -0.128. The van der Waals surface area contributed by atoms with Gasteiger partial charge in [0.25, 0.3) is 5.91 Å². The van der Waals surface area contributed by atoms with E-state index in [4.69, 9.17) is 14.2 Å². The van der Waals surface area contributed by atoms with E-state index in [2.05, 4.69) is 20.6 Å². The summed E-state index contributed by atoms with van der Waals surface area (Å²) in [6.45, 7) is 0.683. The molecule has 3 aromatic rings. The average molecular weight is 616 g/mol. The lowest BCUT2D eigenvalue weighted by Crippen LogP contribution is -2.42. The second-order valence-electron chi connectivity index (χ2n) is 9.92. The third-order valence-electron chi connectivity index (χ3n) is 7.11. The summed E-state index contributed by atoms with van der Waals surface area (Å²) in [4.78, 5) is 49.8. The zero-order valence-corrected chi connectivity index (χ0v) is 25.5. The van der Waals surface area contributed by atoms with E-state index in [1.165, 1.54) is 4.90 Å². The van der Waals surface area contributed by atoms with E-state index in [1.807, 2.05) is 66.7 Å². The van der Waals surface area contributed by atoms with Gasteiger partial charge in [0.1, 0.15) is 17.6 Å². The summed E-state index contributed by atoms with van der Waals surface area (Å²) in [5, 5.41) is 6.12. The molecule has 228 valence electrons. The number of hydrogen-bond acceptors (Lipinski definition) is 9. The van der Waals surface area contributed by atoms with E-state index in [0.717, 1.165) is 22.9 Å². The van der Waals surface area contributed by atoms with Gasteiger partial charge in [-0.3, -0.25) is 19.4 Å². The molecule has 12 heteroatoms. The molecule has 11 nitrogen and oxygen atoms in total. The van der Waals surface area contributed by atoms with Crippen molar-refractivity contribution in [1.29, 1.82) is 0 Å². The van der Waals surface area contributed by atoms with E-state index in [-0.39, 0.29) is 36.4 Å². The maximum absolute atomic E-state index is 13.5. The molecule has 5 rings (SSSR count). The van der Waals surface area contributed by atoms with Crippen molar-refractivity contribution >= 4 is 46.2 Å². The summed E-state index contributed by atoms with van der Waals surface area (Å²) < 4.78 is 16.0. The number of para-hydroxylation sites is 2. The number of carbonyl (C=O) groups excluding carboxylic acids is 3. The first-order valence-corrected chi connectivity index (χ1v) is 15.0. The van der Waals surface area contributed by atoms with Crippen molar-refractivity contribution in [3.63, 3.8) is 0 Å². The lowest BCUT2D eigenvalue weighted by Gasteiger charge is -2.25. The van der Waals surface area contributed by atoms with Crippen LogP contribution in [0.3, 0.4) is 0 Å². The smallest absolute Gasteiger partial charge is 0.259 e. The molecular weight excluding hydrogens is 582 g/mol. The number of amidine groups is 2. The molecule has 0 aromatic heterocycles. The number of methoxy groups -OCH3 is 3. The Morgan fingerprint density at radius 3 is 2.43 bits per heavy atom. The van der Waals surface area contributed by atoms with Crippen molar-refractivity contribution in [3.8, 4) is 17.2 Å². The van der Waals surface area contributed by atoms with E-state index >= 15 is 0 Å². The molecule has 0 saturated heterocycles. The van der Waals surface area contributed by atoms with Gasteiger partial charge in [-0.25, -0.2) is 9.89 Å². The molecule has 3 amide bonds. The highest BCUT2D eigenvalue weighted by Gasteiger charge is 2.42. The molecule has 0 aliphatic carbocycles. The fourth-order valence-electron chi connectivity index (χ4n) is 4.89. The molecule has 0 fully saturated rings. The first-order chi connectivity index (χ1) is 21.4. The predicted molar refractivity (Wildman–Crippen MR) is 169 cm³/mol. The van der Waals surface area contributed by atoms with E-state index in [9.17, 15) is 14.4 Å². The van der Waals surface area contributed by atoms with Crippen LogP contribution >= 0.6 is 11.8 Å². The summed E-state index contributed by atoms with van der Waals surface area (Å²) in [6.07, 6.45) is 0.484. The van der Waals surface area contributed by atoms with Crippen LogP contribution in [0, 0.1) is 0 Å². The third kappa shape index (κ3) is 6.86. The highest BCUT2D eigenvalue weighted by molar-refractivity contribution is 8.14. The van der Waals surface area contributed by atoms with Crippen molar-refractivity contribution in [2.75, 3.05) is 33.6 Å². The van der Waals surface area contributed by atoms with Crippen molar-refractivity contribution in [1.82, 2.24) is 15.5 Å². The second-order valence-corrected chi connectivity index (χ2v) is 10.9. The summed E-state index contributed by atoms with van der Waals surface area (Å²) in [5.41, 5.74) is 3.16. The normalized spacial score (nSPS) is 15.0. The Labute approximate surface area is 259 Å². The van der Waals surface area contributed by atoms with Crippen LogP contribution in [0.1, 0.15) is 23.1 Å². The van der Waals surface area contributed by atoms with Gasteiger partial charge in [-0.1, -0.05) is 48.2 Å². The Kier molecular flexibility index (Phi) is 9.80. The van der Waals surface area contributed by atoms with Crippen LogP contribution in [0.25, 0.3) is 0 Å². The largest absolute Gasteiger partial charge is 0.496 e. The van der Waals surface area contributed by atoms with Crippen LogP contribution < -0.4 is 24.8 Å².